The van der Waals surface area contributed by atoms with Crippen molar-refractivity contribution in [2.45, 2.75) is 50.2 Å². The summed E-state index contributed by atoms with van der Waals surface area (Å²) in [6.07, 6.45) is -2.16. The van der Waals surface area contributed by atoms with Crippen LogP contribution in [-0.4, -0.2) is 18.8 Å². The first-order chi connectivity index (χ1) is 9.44. The molecule has 0 unspecified atom stereocenters. The van der Waals surface area contributed by atoms with E-state index in [0.29, 0.717) is 24.9 Å². The van der Waals surface area contributed by atoms with Crippen LogP contribution in [0.2, 0.25) is 0 Å². The zero-order chi connectivity index (χ0) is 14.6. The SMILES string of the molecule is Fc1cccc(C2CC(NCCCCC(F)(F)F)C2)c1. The van der Waals surface area contributed by atoms with Crippen molar-refractivity contribution >= 4 is 0 Å². The zero-order valence-corrected chi connectivity index (χ0v) is 11.2. The highest BCUT2D eigenvalue weighted by atomic mass is 19.4. The molecule has 1 saturated carbocycles. The predicted octanol–water partition coefficient (Wildman–Crippen LogP) is 4.39. The lowest BCUT2D eigenvalue weighted by molar-refractivity contribution is -0.135. The molecule has 0 heterocycles. The molecule has 112 valence electrons. The van der Waals surface area contributed by atoms with Crippen molar-refractivity contribution in [2.24, 2.45) is 0 Å². The minimum Gasteiger partial charge on any atom is -0.314 e. The predicted molar refractivity (Wildman–Crippen MR) is 70.1 cm³/mol. The first-order valence-corrected chi connectivity index (χ1v) is 6.99. The van der Waals surface area contributed by atoms with Gasteiger partial charge in [-0.05, 0) is 55.8 Å². The molecule has 0 spiro atoms. The molecule has 1 aromatic rings. The number of nitrogens with one attached hydrogen (secondary N) is 1. The van der Waals surface area contributed by atoms with Crippen LogP contribution in [0.25, 0.3) is 0 Å². The Morgan fingerprint density at radius 3 is 2.55 bits per heavy atom. The molecule has 2 rings (SSSR count). The van der Waals surface area contributed by atoms with Gasteiger partial charge in [0.2, 0.25) is 0 Å². The van der Waals surface area contributed by atoms with E-state index < -0.39 is 12.6 Å². The number of halogens is 4. The summed E-state index contributed by atoms with van der Waals surface area (Å²) in [5.41, 5.74) is 1.01. The Balaban J connectivity index is 1.58. The highest BCUT2D eigenvalue weighted by molar-refractivity contribution is 5.23. The summed E-state index contributed by atoms with van der Waals surface area (Å²) in [6.45, 7) is 0.622. The van der Waals surface area contributed by atoms with Crippen LogP contribution >= 0.6 is 0 Å². The third-order valence-electron chi connectivity index (χ3n) is 3.78. The van der Waals surface area contributed by atoms with Gasteiger partial charge in [-0.15, -0.1) is 0 Å². The molecular formula is C15H19F4N. The lowest BCUT2D eigenvalue weighted by atomic mass is 9.76. The Bertz CT molecular complexity index is 424. The van der Waals surface area contributed by atoms with Crippen LogP contribution in [0, 0.1) is 5.82 Å². The molecule has 1 N–H and O–H groups in total. The molecule has 1 aliphatic rings. The number of hydrogen-bond donors (Lipinski definition) is 1. The van der Waals surface area contributed by atoms with Crippen LogP contribution in [0.4, 0.5) is 17.6 Å². The van der Waals surface area contributed by atoms with Gasteiger partial charge in [-0.3, -0.25) is 0 Å². The fourth-order valence-electron chi connectivity index (χ4n) is 2.57. The van der Waals surface area contributed by atoms with Crippen molar-refractivity contribution in [2.75, 3.05) is 6.54 Å². The number of unbranched alkanes of at least 4 members (excludes halogenated alkanes) is 1. The second-order valence-corrected chi connectivity index (χ2v) is 5.45. The molecule has 0 amide bonds. The van der Waals surface area contributed by atoms with Crippen molar-refractivity contribution in [3.05, 3.63) is 35.6 Å². The minimum atomic E-state index is -4.04. The lowest BCUT2D eigenvalue weighted by Gasteiger charge is -2.36. The van der Waals surface area contributed by atoms with Crippen molar-refractivity contribution in [1.29, 1.82) is 0 Å². The van der Waals surface area contributed by atoms with E-state index in [0.717, 1.165) is 18.4 Å². The van der Waals surface area contributed by atoms with Gasteiger partial charge in [0.05, 0.1) is 0 Å². The standard InChI is InChI=1S/C15H19F4N/c16-13-5-3-4-11(8-13)12-9-14(10-12)20-7-2-1-6-15(17,18)19/h3-5,8,12,14,20H,1-2,6-7,9-10H2. The van der Waals surface area contributed by atoms with Gasteiger partial charge in [0.15, 0.2) is 0 Å². The Morgan fingerprint density at radius 1 is 1.15 bits per heavy atom. The highest BCUT2D eigenvalue weighted by Crippen LogP contribution is 2.37. The molecule has 1 aliphatic carbocycles. The van der Waals surface area contributed by atoms with Crippen LogP contribution in [0.3, 0.4) is 0 Å². The van der Waals surface area contributed by atoms with Crippen LogP contribution in [0.1, 0.15) is 43.6 Å². The number of rotatable bonds is 6. The van der Waals surface area contributed by atoms with E-state index >= 15 is 0 Å². The largest absolute Gasteiger partial charge is 0.389 e. The summed E-state index contributed by atoms with van der Waals surface area (Å²) in [4.78, 5) is 0. The Kier molecular flexibility index (Phi) is 5.02. The molecule has 0 aromatic heterocycles. The molecule has 0 saturated heterocycles. The van der Waals surface area contributed by atoms with E-state index in [2.05, 4.69) is 5.32 Å². The summed E-state index contributed by atoms with van der Waals surface area (Å²) in [7, 11) is 0. The Labute approximate surface area is 116 Å². The second kappa shape index (κ2) is 6.57. The third-order valence-corrected chi connectivity index (χ3v) is 3.78. The molecule has 0 aliphatic heterocycles. The van der Waals surface area contributed by atoms with Crippen molar-refractivity contribution < 1.29 is 17.6 Å². The van der Waals surface area contributed by atoms with Crippen LogP contribution in [0.15, 0.2) is 24.3 Å². The molecular weight excluding hydrogens is 270 g/mol. The van der Waals surface area contributed by atoms with E-state index in [1.165, 1.54) is 6.07 Å². The van der Waals surface area contributed by atoms with Gasteiger partial charge in [-0.1, -0.05) is 12.1 Å². The minimum absolute atomic E-state index is 0.177. The van der Waals surface area contributed by atoms with E-state index in [-0.39, 0.29) is 12.2 Å². The van der Waals surface area contributed by atoms with E-state index in [1.807, 2.05) is 6.07 Å². The summed E-state index contributed by atoms with van der Waals surface area (Å²) in [5, 5.41) is 3.26. The highest BCUT2D eigenvalue weighted by Gasteiger charge is 2.30. The molecule has 0 bridgehead atoms. The Hall–Kier alpha value is -1.10. The van der Waals surface area contributed by atoms with Gasteiger partial charge in [0.25, 0.3) is 0 Å². The monoisotopic (exact) mass is 289 g/mol. The number of alkyl halides is 3. The zero-order valence-electron chi connectivity index (χ0n) is 11.2. The average molecular weight is 289 g/mol. The summed E-state index contributed by atoms with van der Waals surface area (Å²) < 4.78 is 48.9. The molecule has 1 aromatic carbocycles. The maximum absolute atomic E-state index is 13.1. The molecule has 1 nitrogen and oxygen atoms in total. The molecule has 0 radical (unpaired) electrons. The molecule has 1 fully saturated rings. The van der Waals surface area contributed by atoms with Crippen LogP contribution in [0.5, 0.6) is 0 Å². The maximum Gasteiger partial charge on any atom is 0.389 e. The van der Waals surface area contributed by atoms with Gasteiger partial charge in [-0.2, -0.15) is 13.2 Å². The van der Waals surface area contributed by atoms with Crippen LogP contribution in [-0.2, 0) is 0 Å². The quantitative estimate of drug-likeness (QED) is 0.605. The molecule has 5 heteroatoms. The molecule has 20 heavy (non-hydrogen) atoms. The van der Waals surface area contributed by atoms with Crippen molar-refractivity contribution in [1.82, 2.24) is 5.32 Å². The first kappa shape index (κ1) is 15.3. The second-order valence-electron chi connectivity index (χ2n) is 5.45. The number of hydrogen-bond acceptors (Lipinski definition) is 1. The fraction of sp³-hybridized carbons (Fsp3) is 0.600. The number of benzene rings is 1. The first-order valence-electron chi connectivity index (χ1n) is 6.99. The van der Waals surface area contributed by atoms with Crippen molar-refractivity contribution in [3.8, 4) is 0 Å². The summed E-state index contributed by atoms with van der Waals surface area (Å²) in [5.74, 6) is 0.157. The summed E-state index contributed by atoms with van der Waals surface area (Å²) in [6, 6.07) is 6.98. The normalized spacial score (nSPS) is 22.6. The summed E-state index contributed by atoms with van der Waals surface area (Å²) >= 11 is 0. The maximum atomic E-state index is 13.1. The topological polar surface area (TPSA) is 12.0 Å². The average Bonchev–Trinajstić information content (AvgIpc) is 2.29. The van der Waals surface area contributed by atoms with Gasteiger partial charge < -0.3 is 5.32 Å². The fourth-order valence-corrected chi connectivity index (χ4v) is 2.57. The van der Waals surface area contributed by atoms with E-state index in [4.69, 9.17) is 0 Å². The van der Waals surface area contributed by atoms with Gasteiger partial charge >= 0.3 is 6.18 Å². The molecule has 0 atom stereocenters. The Morgan fingerprint density at radius 2 is 1.90 bits per heavy atom. The van der Waals surface area contributed by atoms with Gasteiger partial charge in [0, 0.05) is 12.5 Å². The lowest BCUT2D eigenvalue weighted by Crippen LogP contribution is -2.40. The third kappa shape index (κ3) is 4.78. The smallest absolute Gasteiger partial charge is 0.314 e. The van der Waals surface area contributed by atoms with E-state index in [9.17, 15) is 17.6 Å². The van der Waals surface area contributed by atoms with Gasteiger partial charge in [0.1, 0.15) is 5.82 Å². The van der Waals surface area contributed by atoms with Crippen LogP contribution < -0.4 is 5.32 Å². The van der Waals surface area contributed by atoms with E-state index in [1.54, 1.807) is 12.1 Å². The van der Waals surface area contributed by atoms with Crippen molar-refractivity contribution in [3.63, 3.8) is 0 Å². The van der Waals surface area contributed by atoms with Gasteiger partial charge in [-0.25, -0.2) is 4.39 Å².